The van der Waals surface area contributed by atoms with Gasteiger partial charge in [0.2, 0.25) is 0 Å². The lowest BCUT2D eigenvalue weighted by molar-refractivity contribution is -0.137. The van der Waals surface area contributed by atoms with Crippen LogP contribution in [0.1, 0.15) is 19.3 Å². The normalized spacial score (nSPS) is 16.4. The number of carboxylic acid groups (broad SMARTS) is 1. The van der Waals surface area contributed by atoms with Crippen molar-refractivity contribution >= 4 is 12.0 Å². The van der Waals surface area contributed by atoms with E-state index in [2.05, 4.69) is 5.32 Å². The van der Waals surface area contributed by atoms with Crippen molar-refractivity contribution in [3.8, 4) is 0 Å². The van der Waals surface area contributed by atoms with Gasteiger partial charge in [0.15, 0.2) is 0 Å². The average molecular weight is 244 g/mol. The van der Waals surface area contributed by atoms with Crippen LogP contribution in [-0.4, -0.2) is 55.4 Å². The van der Waals surface area contributed by atoms with Gasteiger partial charge in [0, 0.05) is 26.7 Å². The first-order chi connectivity index (χ1) is 8.04. The number of ether oxygens (including phenoxy) is 1. The SMILES string of the molecule is COCCN(C)C(=O)NC(CC(=O)O)C1CC1. The molecule has 0 saturated heterocycles. The number of amides is 2. The molecule has 98 valence electrons. The average Bonchev–Trinajstić information content (AvgIpc) is 3.07. The Bertz CT molecular complexity index is 279. The van der Waals surface area contributed by atoms with Crippen LogP contribution in [0.2, 0.25) is 0 Å². The van der Waals surface area contributed by atoms with Gasteiger partial charge in [0.1, 0.15) is 0 Å². The van der Waals surface area contributed by atoms with E-state index in [1.54, 1.807) is 14.2 Å². The Hall–Kier alpha value is -1.30. The monoisotopic (exact) mass is 244 g/mol. The molecule has 0 bridgehead atoms. The lowest BCUT2D eigenvalue weighted by Crippen LogP contribution is -2.45. The van der Waals surface area contributed by atoms with Crippen molar-refractivity contribution in [2.75, 3.05) is 27.3 Å². The number of urea groups is 1. The maximum absolute atomic E-state index is 11.7. The van der Waals surface area contributed by atoms with E-state index in [4.69, 9.17) is 9.84 Å². The fourth-order valence-electron chi connectivity index (χ4n) is 1.62. The molecule has 1 rings (SSSR count). The zero-order valence-electron chi connectivity index (χ0n) is 10.3. The maximum Gasteiger partial charge on any atom is 0.317 e. The summed E-state index contributed by atoms with van der Waals surface area (Å²) in [6.07, 6.45) is 1.99. The van der Waals surface area contributed by atoms with Crippen LogP contribution >= 0.6 is 0 Å². The first kappa shape index (κ1) is 13.8. The molecule has 1 saturated carbocycles. The molecule has 6 nitrogen and oxygen atoms in total. The molecule has 0 aromatic heterocycles. The summed E-state index contributed by atoms with van der Waals surface area (Å²) in [7, 11) is 3.24. The minimum absolute atomic E-state index is 0.00543. The summed E-state index contributed by atoms with van der Waals surface area (Å²) in [6.45, 7) is 0.962. The molecule has 0 heterocycles. The van der Waals surface area contributed by atoms with Crippen LogP contribution in [0.15, 0.2) is 0 Å². The first-order valence-corrected chi connectivity index (χ1v) is 5.77. The Balaban J connectivity index is 2.37. The second-order valence-electron chi connectivity index (χ2n) is 4.41. The number of hydrogen-bond acceptors (Lipinski definition) is 3. The number of carboxylic acids is 1. The summed E-state index contributed by atoms with van der Waals surface area (Å²) >= 11 is 0. The van der Waals surface area contributed by atoms with Crippen molar-refractivity contribution in [2.45, 2.75) is 25.3 Å². The van der Waals surface area contributed by atoms with Gasteiger partial charge in [0.25, 0.3) is 0 Å². The van der Waals surface area contributed by atoms with Crippen LogP contribution in [0.3, 0.4) is 0 Å². The molecule has 0 aliphatic heterocycles. The van der Waals surface area contributed by atoms with Crippen molar-refractivity contribution < 1.29 is 19.4 Å². The van der Waals surface area contributed by atoms with Crippen LogP contribution in [0.25, 0.3) is 0 Å². The van der Waals surface area contributed by atoms with E-state index in [0.717, 1.165) is 12.8 Å². The van der Waals surface area contributed by atoms with Crippen molar-refractivity contribution in [1.82, 2.24) is 10.2 Å². The number of aliphatic carboxylic acids is 1. The summed E-state index contributed by atoms with van der Waals surface area (Å²) in [5.74, 6) is -0.549. The fourth-order valence-corrected chi connectivity index (χ4v) is 1.62. The summed E-state index contributed by atoms with van der Waals surface area (Å²) in [5, 5.41) is 11.5. The van der Waals surface area contributed by atoms with Gasteiger partial charge >= 0.3 is 12.0 Å². The molecular weight excluding hydrogens is 224 g/mol. The third-order valence-electron chi connectivity index (χ3n) is 2.87. The van der Waals surface area contributed by atoms with Gasteiger partial charge in [-0.05, 0) is 18.8 Å². The highest BCUT2D eigenvalue weighted by molar-refractivity contribution is 5.75. The molecule has 2 amide bonds. The summed E-state index contributed by atoms with van der Waals surface area (Å²) < 4.78 is 4.88. The Morgan fingerprint density at radius 1 is 1.53 bits per heavy atom. The van der Waals surface area contributed by atoms with Gasteiger partial charge in [-0.3, -0.25) is 4.79 Å². The van der Waals surface area contributed by atoms with Crippen molar-refractivity contribution in [2.24, 2.45) is 5.92 Å². The van der Waals surface area contributed by atoms with Crippen molar-refractivity contribution in [3.63, 3.8) is 0 Å². The third kappa shape index (κ3) is 5.04. The quantitative estimate of drug-likeness (QED) is 0.684. The molecule has 6 heteroatoms. The van der Waals surface area contributed by atoms with Gasteiger partial charge < -0.3 is 20.1 Å². The highest BCUT2D eigenvalue weighted by Gasteiger charge is 2.34. The minimum atomic E-state index is -0.873. The lowest BCUT2D eigenvalue weighted by atomic mass is 10.1. The van der Waals surface area contributed by atoms with E-state index in [9.17, 15) is 9.59 Å². The van der Waals surface area contributed by atoms with E-state index in [1.807, 2.05) is 0 Å². The standard InChI is InChI=1S/C11H20N2O4/c1-13(5-6-17-2)11(16)12-9(7-10(14)15)8-3-4-8/h8-9H,3-7H2,1-2H3,(H,12,16)(H,14,15). The zero-order chi connectivity index (χ0) is 12.8. The second kappa shape index (κ2) is 6.44. The number of nitrogens with one attached hydrogen (secondary N) is 1. The Labute approximate surface area is 101 Å². The second-order valence-corrected chi connectivity index (χ2v) is 4.41. The Morgan fingerprint density at radius 3 is 2.65 bits per heavy atom. The van der Waals surface area contributed by atoms with E-state index in [1.165, 1.54) is 4.90 Å². The van der Waals surface area contributed by atoms with Gasteiger partial charge in [0.05, 0.1) is 13.0 Å². The van der Waals surface area contributed by atoms with Crippen molar-refractivity contribution in [1.29, 1.82) is 0 Å². The van der Waals surface area contributed by atoms with Crippen molar-refractivity contribution in [3.05, 3.63) is 0 Å². The highest BCUT2D eigenvalue weighted by atomic mass is 16.5. The summed E-state index contributed by atoms with van der Waals surface area (Å²) in [5.41, 5.74) is 0. The number of carbonyl (C=O) groups is 2. The van der Waals surface area contributed by atoms with Gasteiger partial charge in [-0.1, -0.05) is 0 Å². The molecule has 0 radical (unpaired) electrons. The Morgan fingerprint density at radius 2 is 2.18 bits per heavy atom. The van der Waals surface area contributed by atoms with Crippen LogP contribution in [0.5, 0.6) is 0 Å². The number of methoxy groups -OCH3 is 1. The van der Waals surface area contributed by atoms with E-state index in [0.29, 0.717) is 19.1 Å². The molecule has 17 heavy (non-hydrogen) atoms. The third-order valence-corrected chi connectivity index (χ3v) is 2.87. The van der Waals surface area contributed by atoms with Crippen LogP contribution in [-0.2, 0) is 9.53 Å². The zero-order valence-corrected chi connectivity index (χ0v) is 10.3. The van der Waals surface area contributed by atoms with E-state index in [-0.39, 0.29) is 18.5 Å². The molecule has 0 aromatic rings. The topological polar surface area (TPSA) is 78.9 Å². The smallest absolute Gasteiger partial charge is 0.317 e. The minimum Gasteiger partial charge on any atom is -0.481 e. The van der Waals surface area contributed by atoms with Gasteiger partial charge in [-0.15, -0.1) is 0 Å². The molecule has 1 aliphatic carbocycles. The predicted molar refractivity (Wildman–Crippen MR) is 61.8 cm³/mol. The van der Waals surface area contributed by atoms with E-state index < -0.39 is 5.97 Å². The largest absolute Gasteiger partial charge is 0.481 e. The molecule has 0 spiro atoms. The maximum atomic E-state index is 11.7. The summed E-state index contributed by atoms with van der Waals surface area (Å²) in [6, 6.07) is -0.481. The number of hydrogen-bond donors (Lipinski definition) is 2. The molecule has 1 unspecified atom stereocenters. The van der Waals surface area contributed by atoms with E-state index >= 15 is 0 Å². The van der Waals surface area contributed by atoms with Crippen LogP contribution in [0, 0.1) is 5.92 Å². The molecule has 2 N–H and O–H groups in total. The van der Waals surface area contributed by atoms with Gasteiger partial charge in [-0.2, -0.15) is 0 Å². The molecular formula is C11H20N2O4. The fraction of sp³-hybridized carbons (Fsp3) is 0.818. The molecule has 1 aliphatic rings. The summed E-state index contributed by atoms with van der Waals surface area (Å²) in [4.78, 5) is 23.9. The van der Waals surface area contributed by atoms with Crippen LogP contribution in [0.4, 0.5) is 4.79 Å². The first-order valence-electron chi connectivity index (χ1n) is 5.77. The molecule has 0 aromatic carbocycles. The number of carbonyl (C=O) groups excluding carboxylic acids is 1. The molecule has 1 atom stereocenters. The van der Waals surface area contributed by atoms with Gasteiger partial charge in [-0.25, -0.2) is 4.79 Å². The van der Waals surface area contributed by atoms with Crippen LogP contribution < -0.4 is 5.32 Å². The highest BCUT2D eigenvalue weighted by Crippen LogP contribution is 2.34. The number of likely N-dealkylation sites (N-methyl/N-ethyl adjacent to an activating group) is 1. The number of nitrogens with zero attached hydrogens (tertiary/aromatic N) is 1. The lowest BCUT2D eigenvalue weighted by Gasteiger charge is -2.22. The Kier molecular flexibility index (Phi) is 5.21. The number of rotatable bonds is 7. The predicted octanol–water partition coefficient (Wildman–Crippen LogP) is 0.527. The molecule has 1 fully saturated rings.